The number of nitrogens with one attached hydrogen (secondary N) is 2. The normalized spacial score (nSPS) is 20.9. The monoisotopic (exact) mass is 321 g/mol. The first-order valence-corrected chi connectivity index (χ1v) is 8.85. The summed E-state index contributed by atoms with van der Waals surface area (Å²) in [5.74, 6) is 1.53. The lowest BCUT2D eigenvalue weighted by atomic mass is 9.76. The lowest BCUT2D eigenvalue weighted by Crippen LogP contribution is -2.38. The van der Waals surface area contributed by atoms with Crippen LogP contribution in [0, 0.1) is 11.3 Å². The van der Waals surface area contributed by atoms with E-state index >= 15 is 0 Å². The molecule has 2 rings (SSSR count). The van der Waals surface area contributed by atoms with Crippen LogP contribution >= 0.6 is 0 Å². The van der Waals surface area contributed by atoms with Crippen molar-refractivity contribution in [1.29, 1.82) is 0 Å². The number of nitrogens with zero attached hydrogens (tertiary/aromatic N) is 1. The number of amides is 1. The number of rotatable bonds is 8. The summed E-state index contributed by atoms with van der Waals surface area (Å²) in [4.78, 5) is 19.1. The zero-order valence-corrected chi connectivity index (χ0v) is 14.6. The Morgan fingerprint density at radius 3 is 2.65 bits per heavy atom. The third-order valence-corrected chi connectivity index (χ3v) is 5.71. The molecule has 3 atom stereocenters. The van der Waals surface area contributed by atoms with Gasteiger partial charge in [-0.15, -0.1) is 0 Å². The Balaban J connectivity index is 2.07. The van der Waals surface area contributed by atoms with Crippen LogP contribution in [0.5, 0.6) is 0 Å². The Labute approximate surface area is 139 Å². The second kappa shape index (κ2) is 7.95. The smallest absolute Gasteiger partial charge is 0.217 e. The number of H-pyrrole nitrogens is 1. The second-order valence-corrected chi connectivity index (χ2v) is 7.33. The number of imidazole rings is 1. The van der Waals surface area contributed by atoms with Gasteiger partial charge in [0.1, 0.15) is 5.82 Å². The number of hydrogen-bond acceptors (Lipinski definition) is 3. The second-order valence-electron chi connectivity index (χ2n) is 7.33. The van der Waals surface area contributed by atoms with Gasteiger partial charge in [0.2, 0.25) is 5.91 Å². The van der Waals surface area contributed by atoms with Crippen molar-refractivity contribution in [1.82, 2.24) is 15.3 Å². The van der Waals surface area contributed by atoms with Gasteiger partial charge in [0.05, 0.1) is 0 Å². The molecule has 1 unspecified atom stereocenters. The van der Waals surface area contributed by atoms with Crippen LogP contribution in [0.1, 0.15) is 71.0 Å². The predicted molar refractivity (Wildman–Crippen MR) is 91.0 cm³/mol. The van der Waals surface area contributed by atoms with E-state index in [9.17, 15) is 9.90 Å². The van der Waals surface area contributed by atoms with Crippen molar-refractivity contribution in [2.45, 2.75) is 71.3 Å². The number of aromatic amines is 1. The lowest BCUT2D eigenvalue weighted by molar-refractivity contribution is -0.119. The van der Waals surface area contributed by atoms with Gasteiger partial charge in [-0.25, -0.2) is 4.98 Å². The highest BCUT2D eigenvalue weighted by Crippen LogP contribution is 2.44. The van der Waals surface area contributed by atoms with E-state index in [0.29, 0.717) is 0 Å². The van der Waals surface area contributed by atoms with E-state index < -0.39 is 0 Å². The maximum Gasteiger partial charge on any atom is 0.217 e. The molecule has 0 aromatic carbocycles. The predicted octanol–water partition coefficient (Wildman–Crippen LogP) is 2.99. The molecule has 1 aliphatic carbocycles. The van der Waals surface area contributed by atoms with Crippen LogP contribution in [0.4, 0.5) is 0 Å². The molecule has 1 amide bonds. The van der Waals surface area contributed by atoms with Crippen molar-refractivity contribution in [3.8, 4) is 0 Å². The molecule has 0 spiro atoms. The van der Waals surface area contributed by atoms with E-state index in [0.717, 1.165) is 31.5 Å². The minimum atomic E-state index is 0.00478. The van der Waals surface area contributed by atoms with Crippen LogP contribution < -0.4 is 5.32 Å². The first-order valence-electron chi connectivity index (χ1n) is 8.85. The maximum atomic E-state index is 11.4. The maximum absolute atomic E-state index is 11.4. The number of carbonyl (C=O) groups excluding carboxylic acids is 1. The van der Waals surface area contributed by atoms with Crippen molar-refractivity contribution in [2.24, 2.45) is 11.3 Å². The van der Waals surface area contributed by atoms with Gasteiger partial charge in [-0.1, -0.05) is 19.8 Å². The summed E-state index contributed by atoms with van der Waals surface area (Å²) >= 11 is 0. The largest absolute Gasteiger partial charge is 0.396 e. The molecule has 5 nitrogen and oxygen atoms in total. The zero-order chi connectivity index (χ0) is 16.9. The number of aliphatic hydroxyl groups excluding tert-OH is 1. The minimum Gasteiger partial charge on any atom is -0.396 e. The number of hydrogen-bond donors (Lipinski definition) is 3. The van der Waals surface area contributed by atoms with E-state index in [2.05, 4.69) is 29.1 Å². The van der Waals surface area contributed by atoms with E-state index in [1.165, 1.54) is 12.8 Å². The number of aromatic nitrogens is 2. The Hall–Kier alpha value is -1.36. The fourth-order valence-corrected chi connectivity index (χ4v) is 4.00. The van der Waals surface area contributed by atoms with Crippen molar-refractivity contribution < 1.29 is 9.90 Å². The Bertz CT molecular complexity index is 480. The average Bonchev–Trinajstić information content (AvgIpc) is 3.18. The summed E-state index contributed by atoms with van der Waals surface area (Å²) in [6.45, 7) is 6.07. The lowest BCUT2D eigenvalue weighted by Gasteiger charge is -2.32. The van der Waals surface area contributed by atoms with Crippen LogP contribution in [-0.4, -0.2) is 33.6 Å². The molecule has 23 heavy (non-hydrogen) atoms. The zero-order valence-electron chi connectivity index (χ0n) is 14.6. The summed E-state index contributed by atoms with van der Waals surface area (Å²) in [5, 5.41) is 12.9. The summed E-state index contributed by atoms with van der Waals surface area (Å²) in [6, 6.07) is 0.0938. The number of carbonyl (C=O) groups is 1. The summed E-state index contributed by atoms with van der Waals surface area (Å²) in [6.07, 6.45) is 10.4. The van der Waals surface area contributed by atoms with Gasteiger partial charge in [0.25, 0.3) is 0 Å². The van der Waals surface area contributed by atoms with Gasteiger partial charge in [-0.2, -0.15) is 0 Å². The molecule has 3 N–H and O–H groups in total. The molecule has 130 valence electrons. The van der Waals surface area contributed by atoms with E-state index in [4.69, 9.17) is 0 Å². The molecule has 5 heteroatoms. The van der Waals surface area contributed by atoms with Gasteiger partial charge >= 0.3 is 0 Å². The molecule has 1 fully saturated rings. The van der Waals surface area contributed by atoms with Gasteiger partial charge in [-0.05, 0) is 43.9 Å². The topological polar surface area (TPSA) is 78.0 Å². The van der Waals surface area contributed by atoms with Crippen LogP contribution in [0.15, 0.2) is 12.4 Å². The van der Waals surface area contributed by atoms with Gasteiger partial charge in [-0.3, -0.25) is 4.79 Å². The minimum absolute atomic E-state index is 0.00478. The van der Waals surface area contributed by atoms with Crippen LogP contribution in [0.2, 0.25) is 0 Å². The molecule has 1 saturated carbocycles. The first kappa shape index (κ1) is 18.0. The van der Waals surface area contributed by atoms with E-state index in [1.54, 1.807) is 13.1 Å². The molecular formula is C18H31N3O2. The van der Waals surface area contributed by atoms with Crippen molar-refractivity contribution >= 4 is 5.91 Å². The quantitative estimate of drug-likeness (QED) is 0.689. The highest BCUT2D eigenvalue weighted by Gasteiger charge is 2.35. The van der Waals surface area contributed by atoms with Gasteiger partial charge in [0, 0.05) is 37.9 Å². The molecule has 0 aliphatic heterocycles. The molecule has 1 aliphatic rings. The molecule has 1 heterocycles. The molecule has 1 aromatic rings. The summed E-state index contributed by atoms with van der Waals surface area (Å²) in [7, 11) is 0. The fourth-order valence-electron chi connectivity index (χ4n) is 4.00. The Morgan fingerprint density at radius 2 is 2.13 bits per heavy atom. The summed E-state index contributed by atoms with van der Waals surface area (Å²) < 4.78 is 0. The molecule has 0 bridgehead atoms. The van der Waals surface area contributed by atoms with Crippen molar-refractivity contribution in [3.63, 3.8) is 0 Å². The highest BCUT2D eigenvalue weighted by atomic mass is 16.3. The van der Waals surface area contributed by atoms with E-state index in [1.807, 2.05) is 6.20 Å². The molecule has 0 saturated heterocycles. The highest BCUT2D eigenvalue weighted by molar-refractivity contribution is 5.73. The molecule has 0 radical (unpaired) electrons. The third kappa shape index (κ3) is 4.56. The van der Waals surface area contributed by atoms with Gasteiger partial charge < -0.3 is 15.4 Å². The van der Waals surface area contributed by atoms with E-state index in [-0.39, 0.29) is 35.8 Å². The van der Waals surface area contributed by atoms with Crippen molar-refractivity contribution in [2.75, 3.05) is 6.61 Å². The Kier molecular flexibility index (Phi) is 6.22. The summed E-state index contributed by atoms with van der Waals surface area (Å²) in [5.41, 5.74) is 0.0990. The van der Waals surface area contributed by atoms with Gasteiger partial charge in [0.15, 0.2) is 0 Å². The third-order valence-electron chi connectivity index (χ3n) is 5.71. The average molecular weight is 321 g/mol. The van der Waals surface area contributed by atoms with Crippen LogP contribution in [0.25, 0.3) is 0 Å². The first-order chi connectivity index (χ1) is 11.0. The number of aliphatic hydroxyl groups is 1. The SMILES string of the molecule is CC(=O)NC(C)[C@@H](C)[C@H](CCC1(CO)CCCC1)c1ncc[nH]1. The van der Waals surface area contributed by atoms with Crippen LogP contribution in [-0.2, 0) is 4.79 Å². The molecule has 1 aromatic heterocycles. The van der Waals surface area contributed by atoms with Crippen molar-refractivity contribution in [3.05, 3.63) is 18.2 Å². The van der Waals surface area contributed by atoms with Crippen LogP contribution in [0.3, 0.4) is 0 Å². The standard InChI is InChI=1S/C18H31N3O2/c1-13(14(2)21-15(3)23)16(17-19-10-11-20-17)6-9-18(12-22)7-4-5-8-18/h10-11,13-14,16,22H,4-9,12H2,1-3H3,(H,19,20)(H,21,23)/t13-,14?,16+/m1/s1. The Morgan fingerprint density at radius 1 is 1.43 bits per heavy atom. The molecular weight excluding hydrogens is 290 g/mol. The fraction of sp³-hybridized carbons (Fsp3) is 0.778.